The summed E-state index contributed by atoms with van der Waals surface area (Å²) in [6, 6.07) is 7.28. The van der Waals surface area contributed by atoms with Crippen LogP contribution in [0.4, 0.5) is 0 Å². The van der Waals surface area contributed by atoms with Gasteiger partial charge in [0.25, 0.3) is 0 Å². The third-order valence-electron chi connectivity index (χ3n) is 2.82. The van der Waals surface area contributed by atoms with Gasteiger partial charge in [0.1, 0.15) is 5.03 Å². The van der Waals surface area contributed by atoms with Crippen molar-refractivity contribution in [1.82, 2.24) is 9.78 Å². The molecule has 2 aromatic rings. The van der Waals surface area contributed by atoms with E-state index < -0.39 is 5.97 Å². The molecule has 1 aromatic carbocycles. The van der Waals surface area contributed by atoms with E-state index in [4.69, 9.17) is 16.7 Å². The van der Waals surface area contributed by atoms with Crippen LogP contribution >= 0.6 is 23.4 Å². The van der Waals surface area contributed by atoms with Crippen molar-refractivity contribution in [3.8, 4) is 0 Å². The molecule has 2 rings (SSSR count). The zero-order chi connectivity index (χ0) is 15.4. The molecule has 1 N–H and O–H groups in total. The third-order valence-corrected chi connectivity index (χ3v) is 4.17. The summed E-state index contributed by atoms with van der Waals surface area (Å²) in [6.07, 6.45) is 0.713. The summed E-state index contributed by atoms with van der Waals surface area (Å²) < 4.78 is 1.65. The van der Waals surface area contributed by atoms with Crippen molar-refractivity contribution < 1.29 is 14.7 Å². The summed E-state index contributed by atoms with van der Waals surface area (Å²) in [7, 11) is 0. The Bertz CT molecular complexity index is 668. The topological polar surface area (TPSA) is 72.2 Å². The number of carboxylic acid groups (broad SMARTS) is 1. The first kappa shape index (κ1) is 15.6. The second-order valence-electron chi connectivity index (χ2n) is 4.39. The SMILES string of the molecule is Cc1nn(Cc2ccc(Cl)cc2)c(SCC(=O)O)c1C=O. The first-order valence-corrected chi connectivity index (χ1v) is 7.49. The van der Waals surface area contributed by atoms with E-state index in [0.717, 1.165) is 17.3 Å². The fourth-order valence-corrected chi connectivity index (χ4v) is 2.85. The quantitative estimate of drug-likeness (QED) is 0.653. The van der Waals surface area contributed by atoms with Gasteiger partial charge in [-0.05, 0) is 24.6 Å². The highest BCUT2D eigenvalue weighted by atomic mass is 35.5. The maximum atomic E-state index is 11.2. The van der Waals surface area contributed by atoms with E-state index >= 15 is 0 Å². The third kappa shape index (κ3) is 3.86. The Morgan fingerprint density at radius 3 is 2.67 bits per heavy atom. The molecular formula is C14H13ClN2O3S. The summed E-state index contributed by atoms with van der Waals surface area (Å²) >= 11 is 6.94. The van der Waals surface area contributed by atoms with E-state index in [1.54, 1.807) is 23.7 Å². The largest absolute Gasteiger partial charge is 0.481 e. The molecule has 7 heteroatoms. The van der Waals surface area contributed by atoms with Gasteiger partial charge in [0.15, 0.2) is 6.29 Å². The van der Waals surface area contributed by atoms with Crippen LogP contribution in [0, 0.1) is 6.92 Å². The molecule has 0 saturated heterocycles. The van der Waals surface area contributed by atoms with Crippen LogP contribution in [0.5, 0.6) is 0 Å². The van der Waals surface area contributed by atoms with Crippen molar-refractivity contribution in [1.29, 1.82) is 0 Å². The number of carbonyl (C=O) groups is 2. The second-order valence-corrected chi connectivity index (χ2v) is 5.79. The van der Waals surface area contributed by atoms with Crippen molar-refractivity contribution in [3.63, 3.8) is 0 Å². The second kappa shape index (κ2) is 6.78. The average Bonchev–Trinajstić information content (AvgIpc) is 2.74. The molecule has 0 bridgehead atoms. The highest BCUT2D eigenvalue weighted by Gasteiger charge is 2.16. The van der Waals surface area contributed by atoms with Crippen LogP contribution in [-0.2, 0) is 11.3 Å². The normalized spacial score (nSPS) is 10.6. The number of aliphatic carboxylic acids is 1. The van der Waals surface area contributed by atoms with E-state index in [-0.39, 0.29) is 5.75 Å². The zero-order valence-electron chi connectivity index (χ0n) is 11.2. The van der Waals surface area contributed by atoms with Crippen molar-refractivity contribution in [2.24, 2.45) is 0 Å². The molecule has 1 heterocycles. The molecule has 110 valence electrons. The fourth-order valence-electron chi connectivity index (χ4n) is 1.86. The first-order chi connectivity index (χ1) is 10.0. The standard InChI is InChI=1S/C14H13ClN2O3S/c1-9-12(7-18)14(21-8-13(19)20)17(16-9)6-10-2-4-11(15)5-3-10/h2-5,7H,6,8H2,1H3,(H,19,20). The molecule has 0 aliphatic heterocycles. The predicted molar refractivity (Wildman–Crippen MR) is 81.3 cm³/mol. The van der Waals surface area contributed by atoms with Gasteiger partial charge >= 0.3 is 5.97 Å². The number of nitrogens with zero attached hydrogens (tertiary/aromatic N) is 2. The van der Waals surface area contributed by atoms with Gasteiger partial charge in [0, 0.05) is 5.02 Å². The van der Waals surface area contributed by atoms with Gasteiger partial charge in [-0.25, -0.2) is 0 Å². The lowest BCUT2D eigenvalue weighted by atomic mass is 10.2. The number of hydrogen-bond acceptors (Lipinski definition) is 4. The van der Waals surface area contributed by atoms with E-state index in [9.17, 15) is 9.59 Å². The summed E-state index contributed by atoms with van der Waals surface area (Å²) in [5, 5.41) is 14.3. The number of benzene rings is 1. The molecule has 0 spiro atoms. The number of aromatic nitrogens is 2. The Balaban J connectivity index is 2.31. The van der Waals surface area contributed by atoms with Crippen LogP contribution in [0.25, 0.3) is 0 Å². The van der Waals surface area contributed by atoms with Crippen LogP contribution < -0.4 is 0 Å². The molecule has 0 radical (unpaired) electrons. The number of carbonyl (C=O) groups excluding carboxylic acids is 1. The number of rotatable bonds is 6. The molecule has 0 unspecified atom stereocenters. The minimum Gasteiger partial charge on any atom is -0.481 e. The van der Waals surface area contributed by atoms with Crippen LogP contribution in [0.1, 0.15) is 21.6 Å². The molecule has 0 aliphatic rings. The maximum Gasteiger partial charge on any atom is 0.313 e. The summed E-state index contributed by atoms with van der Waals surface area (Å²) in [4.78, 5) is 21.9. The number of aldehydes is 1. The number of carboxylic acids is 1. The summed E-state index contributed by atoms with van der Waals surface area (Å²) in [5.41, 5.74) is 2.00. The van der Waals surface area contributed by atoms with Gasteiger partial charge < -0.3 is 5.11 Å². The van der Waals surface area contributed by atoms with Gasteiger partial charge in [-0.3, -0.25) is 14.3 Å². The number of hydrogen-bond donors (Lipinski definition) is 1. The Hall–Kier alpha value is -1.79. The van der Waals surface area contributed by atoms with E-state index in [1.165, 1.54) is 0 Å². The smallest absolute Gasteiger partial charge is 0.313 e. The Labute approximate surface area is 130 Å². The number of thioether (sulfide) groups is 1. The molecule has 0 saturated carbocycles. The molecule has 21 heavy (non-hydrogen) atoms. The summed E-state index contributed by atoms with van der Waals surface area (Å²) in [6.45, 7) is 2.18. The number of halogens is 1. The Kier molecular flexibility index (Phi) is 5.03. The monoisotopic (exact) mass is 324 g/mol. The highest BCUT2D eigenvalue weighted by Crippen LogP contribution is 2.25. The van der Waals surface area contributed by atoms with Crippen LogP contribution in [0.3, 0.4) is 0 Å². The molecule has 0 aliphatic carbocycles. The molecular weight excluding hydrogens is 312 g/mol. The lowest BCUT2D eigenvalue weighted by Gasteiger charge is -2.07. The van der Waals surface area contributed by atoms with Gasteiger partial charge in [-0.2, -0.15) is 5.10 Å². The fraction of sp³-hybridized carbons (Fsp3) is 0.214. The Morgan fingerprint density at radius 2 is 2.10 bits per heavy atom. The molecule has 5 nitrogen and oxygen atoms in total. The lowest BCUT2D eigenvalue weighted by molar-refractivity contribution is -0.133. The molecule has 1 aromatic heterocycles. The van der Waals surface area contributed by atoms with Crippen LogP contribution in [-0.4, -0.2) is 32.9 Å². The predicted octanol–water partition coefficient (Wildman–Crippen LogP) is 2.88. The Morgan fingerprint density at radius 1 is 1.43 bits per heavy atom. The minimum absolute atomic E-state index is 0.118. The van der Waals surface area contributed by atoms with Crippen LogP contribution in [0.15, 0.2) is 29.3 Å². The summed E-state index contributed by atoms with van der Waals surface area (Å²) in [5.74, 6) is -1.05. The van der Waals surface area contributed by atoms with Crippen molar-refractivity contribution in [2.75, 3.05) is 5.75 Å². The van der Waals surface area contributed by atoms with E-state index in [1.807, 2.05) is 12.1 Å². The van der Waals surface area contributed by atoms with Crippen molar-refractivity contribution >= 4 is 35.6 Å². The number of aryl methyl sites for hydroxylation is 1. The van der Waals surface area contributed by atoms with Crippen molar-refractivity contribution in [2.45, 2.75) is 18.5 Å². The van der Waals surface area contributed by atoms with E-state index in [2.05, 4.69) is 5.10 Å². The molecule has 0 amide bonds. The van der Waals surface area contributed by atoms with Crippen LogP contribution in [0.2, 0.25) is 5.02 Å². The average molecular weight is 325 g/mol. The van der Waals surface area contributed by atoms with Gasteiger partial charge in [-0.1, -0.05) is 35.5 Å². The lowest BCUT2D eigenvalue weighted by Crippen LogP contribution is -2.06. The van der Waals surface area contributed by atoms with Gasteiger partial charge in [0.2, 0.25) is 0 Å². The van der Waals surface area contributed by atoms with Crippen molar-refractivity contribution in [3.05, 3.63) is 46.1 Å². The van der Waals surface area contributed by atoms with E-state index in [0.29, 0.717) is 34.1 Å². The highest BCUT2D eigenvalue weighted by molar-refractivity contribution is 8.00. The maximum absolute atomic E-state index is 11.2. The minimum atomic E-state index is -0.936. The molecule has 0 fully saturated rings. The van der Waals surface area contributed by atoms with Gasteiger partial charge in [0.05, 0.1) is 23.6 Å². The van der Waals surface area contributed by atoms with Gasteiger partial charge in [-0.15, -0.1) is 0 Å². The molecule has 0 atom stereocenters. The first-order valence-electron chi connectivity index (χ1n) is 6.13. The zero-order valence-corrected chi connectivity index (χ0v) is 12.8.